The number of hydrogen-bond acceptors (Lipinski definition) is 5. The quantitative estimate of drug-likeness (QED) is 0.399. The average Bonchev–Trinajstić information content (AvgIpc) is 3.36. The number of nitrogens with zero attached hydrogens (tertiary/aromatic N) is 5. The molecule has 4 rings (SSSR count). The van der Waals surface area contributed by atoms with Crippen molar-refractivity contribution in [1.82, 2.24) is 24.5 Å². The maximum Gasteiger partial charge on any atom is 0.434 e. The first-order valence-electron chi connectivity index (χ1n) is 8.77. The minimum atomic E-state index is -4.67. The van der Waals surface area contributed by atoms with E-state index in [4.69, 9.17) is 23.2 Å². The maximum absolute atomic E-state index is 13.1. The second kappa shape index (κ2) is 7.91. The standard InChI is InChI=1S/C19H12Cl2F3N5O2S/c1-32(30,31)12-3-5-15(16(7-12)28-9-18(25-10-28)19(22,23)24)29-17(8-26-27-29)13-4-2-11(20)6-14(13)21/h2-10H,1H3. The van der Waals surface area contributed by atoms with Crippen molar-refractivity contribution in [2.75, 3.05) is 6.26 Å². The van der Waals surface area contributed by atoms with Gasteiger partial charge in [-0.25, -0.2) is 18.1 Å². The lowest BCUT2D eigenvalue weighted by Gasteiger charge is -2.14. The van der Waals surface area contributed by atoms with Crippen LogP contribution < -0.4 is 0 Å². The fourth-order valence-electron chi connectivity index (χ4n) is 3.01. The van der Waals surface area contributed by atoms with Crippen molar-refractivity contribution in [3.05, 3.63) is 70.9 Å². The summed E-state index contributed by atoms with van der Waals surface area (Å²) in [5.41, 5.74) is 0.138. The molecule has 0 spiro atoms. The summed E-state index contributed by atoms with van der Waals surface area (Å²) in [7, 11) is -3.65. The Kier molecular flexibility index (Phi) is 5.51. The van der Waals surface area contributed by atoms with Gasteiger partial charge < -0.3 is 4.57 Å². The second-order valence-electron chi connectivity index (χ2n) is 6.74. The van der Waals surface area contributed by atoms with Crippen LogP contribution in [0.5, 0.6) is 0 Å². The third-order valence-corrected chi connectivity index (χ3v) is 6.17. The van der Waals surface area contributed by atoms with Gasteiger partial charge in [-0.1, -0.05) is 28.4 Å². The second-order valence-corrected chi connectivity index (χ2v) is 9.60. The van der Waals surface area contributed by atoms with Crippen LogP contribution in [0.25, 0.3) is 22.6 Å². The van der Waals surface area contributed by atoms with Gasteiger partial charge >= 0.3 is 6.18 Å². The zero-order valence-electron chi connectivity index (χ0n) is 16.0. The fraction of sp³-hybridized carbons (Fsp3) is 0.105. The van der Waals surface area contributed by atoms with Crippen molar-refractivity contribution in [3.8, 4) is 22.6 Å². The zero-order chi connectivity index (χ0) is 23.3. The van der Waals surface area contributed by atoms with Crippen LogP contribution in [0.1, 0.15) is 5.69 Å². The van der Waals surface area contributed by atoms with Crippen LogP contribution in [0.3, 0.4) is 0 Å². The first-order chi connectivity index (χ1) is 14.9. The number of sulfone groups is 1. The van der Waals surface area contributed by atoms with Crippen LogP contribution in [0, 0.1) is 0 Å². The molecule has 0 fully saturated rings. The molecule has 13 heteroatoms. The molecule has 7 nitrogen and oxygen atoms in total. The average molecular weight is 502 g/mol. The number of hydrogen-bond donors (Lipinski definition) is 0. The predicted molar refractivity (Wildman–Crippen MR) is 112 cm³/mol. The Morgan fingerprint density at radius 1 is 1.03 bits per heavy atom. The highest BCUT2D eigenvalue weighted by Crippen LogP contribution is 2.34. The van der Waals surface area contributed by atoms with Gasteiger partial charge in [-0.2, -0.15) is 13.2 Å². The van der Waals surface area contributed by atoms with Crippen molar-refractivity contribution in [2.24, 2.45) is 0 Å². The lowest BCUT2D eigenvalue weighted by molar-refractivity contribution is -0.140. The summed E-state index contributed by atoms with van der Waals surface area (Å²) < 4.78 is 65.8. The topological polar surface area (TPSA) is 82.7 Å². The number of rotatable bonds is 4. The molecule has 0 aliphatic heterocycles. The van der Waals surface area contributed by atoms with Crippen LogP contribution in [0.2, 0.25) is 10.0 Å². The number of imidazole rings is 1. The van der Waals surface area contributed by atoms with E-state index in [1.807, 2.05) is 0 Å². The first kappa shape index (κ1) is 22.3. The van der Waals surface area contributed by atoms with E-state index in [9.17, 15) is 21.6 Å². The smallest absolute Gasteiger partial charge is 0.303 e. The Bertz CT molecular complexity index is 1430. The molecule has 2 aromatic heterocycles. The molecule has 0 amide bonds. The molecule has 4 aromatic rings. The van der Waals surface area contributed by atoms with Gasteiger partial charge in [-0.3, -0.25) is 0 Å². The summed E-state index contributed by atoms with van der Waals surface area (Å²) in [6.45, 7) is 0. The monoisotopic (exact) mass is 501 g/mol. The lowest BCUT2D eigenvalue weighted by Crippen LogP contribution is -2.08. The highest BCUT2D eigenvalue weighted by molar-refractivity contribution is 7.90. The maximum atomic E-state index is 13.1. The lowest BCUT2D eigenvalue weighted by atomic mass is 10.1. The van der Waals surface area contributed by atoms with E-state index in [0.29, 0.717) is 21.3 Å². The van der Waals surface area contributed by atoms with Gasteiger partial charge in [0.15, 0.2) is 15.5 Å². The van der Waals surface area contributed by atoms with Crippen LogP contribution in [-0.4, -0.2) is 39.2 Å². The Balaban J connectivity index is 1.95. The van der Waals surface area contributed by atoms with Crippen molar-refractivity contribution in [3.63, 3.8) is 0 Å². The molecule has 0 atom stereocenters. The Morgan fingerprint density at radius 2 is 1.78 bits per heavy atom. The molecular weight excluding hydrogens is 490 g/mol. The van der Waals surface area contributed by atoms with E-state index in [1.54, 1.807) is 12.1 Å². The molecule has 0 radical (unpaired) electrons. The molecule has 0 bridgehead atoms. The van der Waals surface area contributed by atoms with E-state index >= 15 is 0 Å². The van der Waals surface area contributed by atoms with E-state index in [-0.39, 0.29) is 16.3 Å². The number of halogens is 5. The first-order valence-corrected chi connectivity index (χ1v) is 11.4. The van der Waals surface area contributed by atoms with Gasteiger partial charge in [0.05, 0.1) is 39.5 Å². The van der Waals surface area contributed by atoms with Crippen molar-refractivity contribution < 1.29 is 21.6 Å². The molecule has 0 saturated carbocycles. The van der Waals surface area contributed by atoms with Gasteiger partial charge in [0.25, 0.3) is 0 Å². The Hall–Kier alpha value is -2.89. The summed E-state index contributed by atoms with van der Waals surface area (Å²) in [5, 5.41) is 8.63. The summed E-state index contributed by atoms with van der Waals surface area (Å²) in [4.78, 5) is 3.30. The third-order valence-electron chi connectivity index (χ3n) is 4.51. The van der Waals surface area contributed by atoms with Crippen molar-refractivity contribution in [2.45, 2.75) is 11.1 Å². The van der Waals surface area contributed by atoms with E-state index in [0.717, 1.165) is 23.3 Å². The van der Waals surface area contributed by atoms with E-state index < -0.39 is 21.7 Å². The fourth-order valence-corrected chi connectivity index (χ4v) is 4.16. The molecule has 0 N–H and O–H groups in total. The van der Waals surface area contributed by atoms with Gasteiger partial charge in [-0.05, 0) is 36.4 Å². The zero-order valence-corrected chi connectivity index (χ0v) is 18.4. The molecule has 0 unspecified atom stereocenters. The summed E-state index contributed by atoms with van der Waals surface area (Å²) in [6.07, 6.45) is -0.556. The number of alkyl halides is 3. The minimum absolute atomic E-state index is 0.0905. The molecule has 0 saturated heterocycles. The molecule has 0 aliphatic carbocycles. The van der Waals surface area contributed by atoms with E-state index in [1.165, 1.54) is 35.1 Å². The van der Waals surface area contributed by atoms with Crippen LogP contribution in [-0.2, 0) is 16.0 Å². The van der Waals surface area contributed by atoms with Gasteiger partial charge in [0.2, 0.25) is 0 Å². The SMILES string of the molecule is CS(=O)(=O)c1ccc(-n2nncc2-c2ccc(Cl)cc2Cl)c(-n2cnc(C(F)(F)F)c2)c1. The summed E-state index contributed by atoms with van der Waals surface area (Å²) in [6, 6.07) is 8.75. The van der Waals surface area contributed by atoms with Gasteiger partial charge in [-0.15, -0.1) is 5.10 Å². The highest BCUT2D eigenvalue weighted by Gasteiger charge is 2.34. The molecular formula is C19H12Cl2F3N5O2S. The Morgan fingerprint density at radius 3 is 2.41 bits per heavy atom. The summed E-state index contributed by atoms with van der Waals surface area (Å²) in [5.74, 6) is 0. The van der Waals surface area contributed by atoms with Crippen LogP contribution in [0.15, 0.2) is 60.0 Å². The Labute approximate surface area is 189 Å². The minimum Gasteiger partial charge on any atom is -0.303 e. The van der Waals surface area contributed by atoms with Gasteiger partial charge in [0.1, 0.15) is 0 Å². The molecule has 2 aromatic carbocycles. The number of aromatic nitrogens is 5. The van der Waals surface area contributed by atoms with Crippen LogP contribution in [0.4, 0.5) is 13.2 Å². The normalized spacial score (nSPS) is 12.3. The largest absolute Gasteiger partial charge is 0.434 e. The van der Waals surface area contributed by atoms with E-state index in [2.05, 4.69) is 15.3 Å². The summed E-state index contributed by atoms with van der Waals surface area (Å²) >= 11 is 12.3. The molecule has 166 valence electrons. The van der Waals surface area contributed by atoms with Crippen LogP contribution >= 0.6 is 23.2 Å². The number of benzene rings is 2. The van der Waals surface area contributed by atoms with Crippen molar-refractivity contribution in [1.29, 1.82) is 0 Å². The van der Waals surface area contributed by atoms with Crippen molar-refractivity contribution >= 4 is 33.0 Å². The predicted octanol–water partition coefficient (Wildman–Crippen LogP) is 4.85. The third kappa shape index (κ3) is 4.23. The molecule has 32 heavy (non-hydrogen) atoms. The van der Waals surface area contributed by atoms with Gasteiger partial charge in [0, 0.05) is 23.0 Å². The molecule has 0 aliphatic rings. The molecule has 2 heterocycles. The highest BCUT2D eigenvalue weighted by atomic mass is 35.5.